The van der Waals surface area contributed by atoms with Gasteiger partial charge in [-0.15, -0.1) is 12.4 Å². The molecule has 0 aromatic heterocycles. The maximum absolute atomic E-state index is 11.4. The maximum Gasteiger partial charge on any atom is 0.219 e. The molecule has 116 valence electrons. The second kappa shape index (κ2) is 17.7. The average Bonchev–Trinajstić information content (AvgIpc) is 2.37. The summed E-state index contributed by atoms with van der Waals surface area (Å²) < 4.78 is 0. The first-order valence-corrected chi connectivity index (χ1v) is 7.78. The van der Waals surface area contributed by atoms with E-state index in [1.54, 1.807) is 0 Å². The second-order valence-corrected chi connectivity index (χ2v) is 5.07. The van der Waals surface area contributed by atoms with Crippen LogP contribution in [0.4, 0.5) is 0 Å². The molecule has 0 atom stereocenters. The predicted octanol–water partition coefficient (Wildman–Crippen LogP) is 3.79. The lowest BCUT2D eigenvalue weighted by molar-refractivity contribution is -0.121. The zero-order chi connectivity index (χ0) is 13.5. The van der Waals surface area contributed by atoms with Crippen molar-refractivity contribution in [1.29, 1.82) is 0 Å². The van der Waals surface area contributed by atoms with Gasteiger partial charge in [-0.1, -0.05) is 58.3 Å². The first-order valence-electron chi connectivity index (χ1n) is 7.78. The Morgan fingerprint density at radius 2 is 1.42 bits per heavy atom. The SMILES string of the molecule is CCCCCCCCCCCC(=O)NCCCN.Cl. The highest BCUT2D eigenvalue weighted by Gasteiger charge is 1.99. The molecule has 0 saturated carbocycles. The molecule has 0 aliphatic carbocycles. The summed E-state index contributed by atoms with van der Waals surface area (Å²) in [5.41, 5.74) is 5.36. The van der Waals surface area contributed by atoms with Gasteiger partial charge in [-0.05, 0) is 19.4 Å². The molecular weight excluding hydrogens is 260 g/mol. The van der Waals surface area contributed by atoms with Crippen molar-refractivity contribution in [3.8, 4) is 0 Å². The van der Waals surface area contributed by atoms with Crippen LogP contribution in [0.1, 0.15) is 77.6 Å². The highest BCUT2D eigenvalue weighted by Crippen LogP contribution is 2.10. The van der Waals surface area contributed by atoms with Crippen LogP contribution in [0.3, 0.4) is 0 Å². The van der Waals surface area contributed by atoms with Crippen LogP contribution in [0.5, 0.6) is 0 Å². The van der Waals surface area contributed by atoms with Crippen molar-refractivity contribution in [2.75, 3.05) is 13.1 Å². The maximum atomic E-state index is 11.4. The fourth-order valence-corrected chi connectivity index (χ4v) is 2.01. The van der Waals surface area contributed by atoms with Crippen molar-refractivity contribution in [3.63, 3.8) is 0 Å². The number of nitrogens with two attached hydrogens (primary N) is 1. The first-order chi connectivity index (χ1) is 8.81. The van der Waals surface area contributed by atoms with Gasteiger partial charge in [-0.25, -0.2) is 0 Å². The Labute approximate surface area is 125 Å². The van der Waals surface area contributed by atoms with Crippen LogP contribution in [-0.4, -0.2) is 19.0 Å². The Hall–Kier alpha value is -0.280. The second-order valence-electron chi connectivity index (χ2n) is 5.07. The van der Waals surface area contributed by atoms with Gasteiger partial charge in [0.2, 0.25) is 5.91 Å². The Morgan fingerprint density at radius 1 is 0.895 bits per heavy atom. The number of hydrogen-bond acceptors (Lipinski definition) is 2. The molecule has 0 unspecified atom stereocenters. The van der Waals surface area contributed by atoms with E-state index in [-0.39, 0.29) is 18.3 Å². The van der Waals surface area contributed by atoms with Crippen LogP contribution >= 0.6 is 12.4 Å². The summed E-state index contributed by atoms with van der Waals surface area (Å²) in [5, 5.41) is 2.89. The third-order valence-electron chi connectivity index (χ3n) is 3.21. The van der Waals surface area contributed by atoms with Crippen molar-refractivity contribution in [2.24, 2.45) is 5.73 Å². The van der Waals surface area contributed by atoms with E-state index in [2.05, 4.69) is 12.2 Å². The lowest BCUT2D eigenvalue weighted by Gasteiger charge is -2.04. The molecule has 4 heteroatoms. The van der Waals surface area contributed by atoms with Gasteiger partial charge >= 0.3 is 0 Å². The van der Waals surface area contributed by atoms with Gasteiger partial charge in [0.1, 0.15) is 0 Å². The van der Waals surface area contributed by atoms with Gasteiger partial charge < -0.3 is 11.1 Å². The zero-order valence-electron chi connectivity index (χ0n) is 12.6. The van der Waals surface area contributed by atoms with E-state index in [0.29, 0.717) is 13.0 Å². The number of amides is 1. The summed E-state index contributed by atoms with van der Waals surface area (Å²) in [6.45, 7) is 3.63. The number of nitrogens with one attached hydrogen (secondary N) is 1. The Morgan fingerprint density at radius 3 is 1.95 bits per heavy atom. The molecule has 0 heterocycles. The number of carbonyl (C=O) groups excluding carboxylic acids is 1. The van der Waals surface area contributed by atoms with Crippen LogP contribution < -0.4 is 11.1 Å². The molecule has 0 fully saturated rings. The number of carbonyl (C=O) groups is 1. The molecule has 3 N–H and O–H groups in total. The summed E-state index contributed by atoms with van der Waals surface area (Å²) >= 11 is 0. The molecule has 0 aliphatic rings. The smallest absolute Gasteiger partial charge is 0.219 e. The van der Waals surface area contributed by atoms with Gasteiger partial charge in [-0.3, -0.25) is 4.79 Å². The van der Waals surface area contributed by atoms with E-state index in [9.17, 15) is 4.79 Å². The molecule has 0 aromatic carbocycles. The number of unbranched alkanes of at least 4 members (excludes halogenated alkanes) is 8. The van der Waals surface area contributed by atoms with Crippen molar-refractivity contribution < 1.29 is 4.79 Å². The van der Waals surface area contributed by atoms with E-state index in [1.165, 1.54) is 51.4 Å². The van der Waals surface area contributed by atoms with Crippen LogP contribution in [0.2, 0.25) is 0 Å². The monoisotopic (exact) mass is 292 g/mol. The minimum absolute atomic E-state index is 0. The van der Waals surface area contributed by atoms with E-state index in [1.807, 2.05) is 0 Å². The third kappa shape index (κ3) is 17.7. The van der Waals surface area contributed by atoms with E-state index in [0.717, 1.165) is 19.4 Å². The number of halogens is 1. The predicted molar refractivity (Wildman–Crippen MR) is 85.8 cm³/mol. The quantitative estimate of drug-likeness (QED) is 0.507. The minimum atomic E-state index is 0. The van der Waals surface area contributed by atoms with Crippen molar-refractivity contribution in [3.05, 3.63) is 0 Å². The molecule has 0 spiro atoms. The summed E-state index contributed by atoms with van der Waals surface area (Å²) in [4.78, 5) is 11.4. The molecule has 0 rings (SSSR count). The molecule has 0 bridgehead atoms. The van der Waals surface area contributed by atoms with Gasteiger partial charge in [0.15, 0.2) is 0 Å². The summed E-state index contributed by atoms with van der Waals surface area (Å²) in [5.74, 6) is 0.186. The Balaban J connectivity index is 0. The van der Waals surface area contributed by atoms with E-state index >= 15 is 0 Å². The molecule has 19 heavy (non-hydrogen) atoms. The molecular formula is C15H33ClN2O. The average molecular weight is 293 g/mol. The van der Waals surface area contributed by atoms with Crippen molar-refractivity contribution >= 4 is 18.3 Å². The summed E-state index contributed by atoms with van der Waals surface area (Å²) in [7, 11) is 0. The molecule has 1 amide bonds. The first kappa shape index (κ1) is 21.0. The lowest BCUT2D eigenvalue weighted by atomic mass is 10.1. The minimum Gasteiger partial charge on any atom is -0.356 e. The van der Waals surface area contributed by atoms with E-state index in [4.69, 9.17) is 5.73 Å². The lowest BCUT2D eigenvalue weighted by Crippen LogP contribution is -2.25. The molecule has 3 nitrogen and oxygen atoms in total. The number of hydrogen-bond donors (Lipinski definition) is 2. The van der Waals surface area contributed by atoms with Crippen molar-refractivity contribution in [1.82, 2.24) is 5.32 Å². The number of rotatable bonds is 13. The zero-order valence-corrected chi connectivity index (χ0v) is 13.4. The normalized spacial score (nSPS) is 10.0. The fraction of sp³-hybridized carbons (Fsp3) is 0.933. The van der Waals surface area contributed by atoms with Gasteiger partial charge in [0.05, 0.1) is 0 Å². The van der Waals surface area contributed by atoms with Crippen LogP contribution in [-0.2, 0) is 4.79 Å². The van der Waals surface area contributed by atoms with Crippen LogP contribution in [0, 0.1) is 0 Å². The molecule has 0 saturated heterocycles. The molecule has 0 aromatic rings. The van der Waals surface area contributed by atoms with Crippen molar-refractivity contribution in [2.45, 2.75) is 77.6 Å². The Kier molecular flexibility index (Phi) is 19.6. The molecule has 0 aliphatic heterocycles. The fourth-order valence-electron chi connectivity index (χ4n) is 2.01. The highest BCUT2D eigenvalue weighted by molar-refractivity contribution is 5.85. The van der Waals surface area contributed by atoms with Gasteiger partial charge in [-0.2, -0.15) is 0 Å². The topological polar surface area (TPSA) is 55.1 Å². The molecule has 0 radical (unpaired) electrons. The van der Waals surface area contributed by atoms with Crippen LogP contribution in [0.15, 0.2) is 0 Å². The van der Waals surface area contributed by atoms with Crippen LogP contribution in [0.25, 0.3) is 0 Å². The standard InChI is InChI=1S/C15H32N2O.ClH/c1-2-3-4-5-6-7-8-9-10-12-15(18)17-14-11-13-16;/h2-14,16H2,1H3,(H,17,18);1H. The summed E-state index contributed by atoms with van der Waals surface area (Å²) in [6, 6.07) is 0. The van der Waals surface area contributed by atoms with E-state index < -0.39 is 0 Å². The van der Waals surface area contributed by atoms with Gasteiger partial charge in [0, 0.05) is 13.0 Å². The highest BCUT2D eigenvalue weighted by atomic mass is 35.5. The summed E-state index contributed by atoms with van der Waals surface area (Å²) in [6.07, 6.45) is 13.2. The third-order valence-corrected chi connectivity index (χ3v) is 3.21. The largest absolute Gasteiger partial charge is 0.356 e. The van der Waals surface area contributed by atoms with Gasteiger partial charge in [0.25, 0.3) is 0 Å². The Bertz CT molecular complexity index is 189.